The fourth-order valence-electron chi connectivity index (χ4n) is 3.60. The third kappa shape index (κ3) is 4.01. The summed E-state index contributed by atoms with van der Waals surface area (Å²) in [7, 11) is 5.06. The third-order valence-corrected chi connectivity index (χ3v) is 5.18. The highest BCUT2D eigenvalue weighted by molar-refractivity contribution is 5.88. The van der Waals surface area contributed by atoms with E-state index in [-0.39, 0.29) is 0 Å². The Morgan fingerprint density at radius 1 is 0.400 bits per heavy atom. The van der Waals surface area contributed by atoms with Crippen molar-refractivity contribution in [3.63, 3.8) is 0 Å². The van der Waals surface area contributed by atoms with E-state index in [1.807, 2.05) is 36.4 Å². The first-order chi connectivity index (χ1) is 14.7. The lowest BCUT2D eigenvalue weighted by Gasteiger charge is -2.15. The first-order valence-electron chi connectivity index (χ1n) is 9.79. The van der Waals surface area contributed by atoms with Gasteiger partial charge in [-0.1, -0.05) is 48.5 Å². The van der Waals surface area contributed by atoms with Gasteiger partial charge in [0.05, 0.1) is 21.3 Å². The van der Waals surface area contributed by atoms with Crippen molar-refractivity contribution in [2.24, 2.45) is 0 Å². The molecule has 3 heteroatoms. The zero-order valence-electron chi connectivity index (χ0n) is 17.4. The molecule has 0 unspecified atom stereocenters. The molecular formula is C27H24O3. The zero-order chi connectivity index (χ0) is 20.9. The topological polar surface area (TPSA) is 27.7 Å². The van der Waals surface area contributed by atoms with Crippen molar-refractivity contribution in [3.05, 3.63) is 91.0 Å². The van der Waals surface area contributed by atoms with Crippen molar-refractivity contribution in [1.82, 2.24) is 0 Å². The van der Waals surface area contributed by atoms with Crippen LogP contribution in [0.4, 0.5) is 0 Å². The standard InChI is InChI=1S/C27H24O3/c1-28-23-10-4-7-19(15-23)20-13-14-26(21-8-5-11-24(16-21)29-2)27(18-20)22-9-6-12-25(17-22)30-3/h4-18H,1-3H3. The van der Waals surface area contributed by atoms with Crippen molar-refractivity contribution < 1.29 is 14.2 Å². The van der Waals surface area contributed by atoms with E-state index in [0.717, 1.165) is 50.6 Å². The summed E-state index contributed by atoms with van der Waals surface area (Å²) in [5.41, 5.74) is 6.69. The van der Waals surface area contributed by atoms with Crippen LogP contribution in [-0.4, -0.2) is 21.3 Å². The number of methoxy groups -OCH3 is 3. The predicted molar refractivity (Wildman–Crippen MR) is 122 cm³/mol. The minimum atomic E-state index is 0.830. The fraction of sp³-hybridized carbons (Fsp3) is 0.111. The molecule has 0 radical (unpaired) electrons. The van der Waals surface area contributed by atoms with Gasteiger partial charge in [-0.25, -0.2) is 0 Å². The van der Waals surface area contributed by atoms with Crippen LogP contribution in [0, 0.1) is 0 Å². The number of hydrogen-bond donors (Lipinski definition) is 0. The summed E-state index contributed by atoms with van der Waals surface area (Å²) in [6.07, 6.45) is 0. The van der Waals surface area contributed by atoms with Crippen molar-refractivity contribution >= 4 is 0 Å². The summed E-state index contributed by atoms with van der Waals surface area (Å²) in [4.78, 5) is 0. The number of rotatable bonds is 6. The summed E-state index contributed by atoms with van der Waals surface area (Å²) in [5, 5.41) is 0. The Balaban J connectivity index is 1.91. The lowest BCUT2D eigenvalue weighted by Crippen LogP contribution is -1.90. The zero-order valence-corrected chi connectivity index (χ0v) is 17.4. The van der Waals surface area contributed by atoms with Gasteiger partial charge in [0, 0.05) is 0 Å². The van der Waals surface area contributed by atoms with E-state index in [0.29, 0.717) is 0 Å². The Labute approximate surface area is 177 Å². The highest BCUT2D eigenvalue weighted by Gasteiger charge is 2.12. The van der Waals surface area contributed by atoms with Crippen molar-refractivity contribution in [2.45, 2.75) is 0 Å². The summed E-state index contributed by atoms with van der Waals surface area (Å²) >= 11 is 0. The van der Waals surface area contributed by atoms with Crippen LogP contribution in [0.1, 0.15) is 0 Å². The first-order valence-corrected chi connectivity index (χ1v) is 9.79. The maximum Gasteiger partial charge on any atom is 0.119 e. The van der Waals surface area contributed by atoms with Gasteiger partial charge in [0.1, 0.15) is 17.2 Å². The second-order valence-corrected chi connectivity index (χ2v) is 6.96. The molecule has 0 fully saturated rings. The van der Waals surface area contributed by atoms with Crippen LogP contribution in [0.15, 0.2) is 91.0 Å². The van der Waals surface area contributed by atoms with E-state index in [9.17, 15) is 0 Å². The molecule has 0 N–H and O–H groups in total. The van der Waals surface area contributed by atoms with Gasteiger partial charge >= 0.3 is 0 Å². The molecule has 0 saturated heterocycles. The molecule has 0 amide bonds. The van der Waals surface area contributed by atoms with Crippen LogP contribution in [-0.2, 0) is 0 Å². The highest BCUT2D eigenvalue weighted by atomic mass is 16.5. The minimum Gasteiger partial charge on any atom is -0.497 e. The molecule has 0 atom stereocenters. The Kier molecular flexibility index (Phi) is 5.71. The van der Waals surface area contributed by atoms with Gasteiger partial charge in [-0.05, 0) is 75.8 Å². The third-order valence-electron chi connectivity index (χ3n) is 5.18. The van der Waals surface area contributed by atoms with Crippen molar-refractivity contribution in [1.29, 1.82) is 0 Å². The molecule has 0 saturated carbocycles. The Morgan fingerprint density at radius 2 is 0.833 bits per heavy atom. The van der Waals surface area contributed by atoms with Gasteiger partial charge in [-0.15, -0.1) is 0 Å². The van der Waals surface area contributed by atoms with Gasteiger partial charge in [0.25, 0.3) is 0 Å². The molecule has 0 spiro atoms. The van der Waals surface area contributed by atoms with Crippen LogP contribution in [0.25, 0.3) is 33.4 Å². The summed E-state index contributed by atoms with van der Waals surface area (Å²) in [6, 6.07) is 30.9. The Morgan fingerprint density at radius 3 is 1.37 bits per heavy atom. The molecule has 30 heavy (non-hydrogen) atoms. The maximum atomic E-state index is 5.47. The van der Waals surface area contributed by atoms with Gasteiger partial charge in [0.15, 0.2) is 0 Å². The number of benzene rings is 4. The molecule has 0 aliphatic heterocycles. The van der Waals surface area contributed by atoms with Gasteiger partial charge in [0.2, 0.25) is 0 Å². The van der Waals surface area contributed by atoms with Crippen LogP contribution in [0.5, 0.6) is 17.2 Å². The highest BCUT2D eigenvalue weighted by Crippen LogP contribution is 2.38. The fourth-order valence-corrected chi connectivity index (χ4v) is 3.60. The van der Waals surface area contributed by atoms with Crippen LogP contribution >= 0.6 is 0 Å². The molecule has 0 aliphatic rings. The second-order valence-electron chi connectivity index (χ2n) is 6.96. The normalized spacial score (nSPS) is 10.5. The molecule has 3 nitrogen and oxygen atoms in total. The lowest BCUT2D eigenvalue weighted by atomic mass is 9.91. The predicted octanol–water partition coefficient (Wildman–Crippen LogP) is 6.71. The van der Waals surface area contributed by atoms with Gasteiger partial charge < -0.3 is 14.2 Å². The number of ether oxygens (including phenoxy) is 3. The van der Waals surface area contributed by atoms with Crippen molar-refractivity contribution in [2.75, 3.05) is 21.3 Å². The van der Waals surface area contributed by atoms with E-state index in [1.54, 1.807) is 21.3 Å². The van der Waals surface area contributed by atoms with Crippen LogP contribution in [0.3, 0.4) is 0 Å². The van der Waals surface area contributed by atoms with Crippen molar-refractivity contribution in [3.8, 4) is 50.6 Å². The summed E-state index contributed by atoms with van der Waals surface area (Å²) in [6.45, 7) is 0. The Bertz CT molecular complexity index is 1160. The smallest absolute Gasteiger partial charge is 0.119 e. The molecule has 0 aliphatic carbocycles. The minimum absolute atomic E-state index is 0.830. The Hall–Kier alpha value is -3.72. The average molecular weight is 396 g/mol. The quantitative estimate of drug-likeness (QED) is 0.362. The number of hydrogen-bond acceptors (Lipinski definition) is 3. The molecule has 4 aromatic rings. The summed E-state index contributed by atoms with van der Waals surface area (Å²) in [5.74, 6) is 2.50. The van der Waals surface area contributed by atoms with E-state index < -0.39 is 0 Å². The van der Waals surface area contributed by atoms with E-state index in [1.165, 1.54) is 0 Å². The van der Waals surface area contributed by atoms with Gasteiger partial charge in [-0.3, -0.25) is 0 Å². The van der Waals surface area contributed by atoms with E-state index >= 15 is 0 Å². The molecule has 4 rings (SSSR count). The van der Waals surface area contributed by atoms with Gasteiger partial charge in [-0.2, -0.15) is 0 Å². The summed E-state index contributed by atoms with van der Waals surface area (Å²) < 4.78 is 16.3. The van der Waals surface area contributed by atoms with E-state index in [2.05, 4.69) is 54.6 Å². The second kappa shape index (κ2) is 8.75. The van der Waals surface area contributed by atoms with Crippen LogP contribution < -0.4 is 14.2 Å². The SMILES string of the molecule is COc1cccc(-c2ccc(-c3cccc(OC)c3)c(-c3cccc(OC)c3)c2)c1. The molecule has 150 valence electrons. The van der Waals surface area contributed by atoms with E-state index in [4.69, 9.17) is 14.2 Å². The van der Waals surface area contributed by atoms with Crippen LogP contribution in [0.2, 0.25) is 0 Å². The molecule has 0 heterocycles. The average Bonchev–Trinajstić information content (AvgIpc) is 2.83. The monoisotopic (exact) mass is 396 g/mol. The molecule has 0 aromatic heterocycles. The largest absolute Gasteiger partial charge is 0.497 e. The lowest BCUT2D eigenvalue weighted by molar-refractivity contribution is 0.415. The molecule has 0 bridgehead atoms. The maximum absolute atomic E-state index is 5.47. The molecule has 4 aromatic carbocycles. The molecular weight excluding hydrogens is 372 g/mol. The first kappa shape index (κ1) is 19.6.